The molecule has 0 radical (unpaired) electrons. The maximum atomic E-state index is 12.1. The molecule has 1 aromatic heterocycles. The van der Waals surface area contributed by atoms with Crippen molar-refractivity contribution in [2.75, 3.05) is 19.6 Å². The summed E-state index contributed by atoms with van der Waals surface area (Å²) in [5, 5.41) is 19.9. The number of hydrogen-bond donors (Lipinski definition) is 3. The number of aliphatic hydroxyl groups excluding tert-OH is 1. The Bertz CT molecular complexity index is 650. The fourth-order valence-electron chi connectivity index (χ4n) is 2.65. The van der Waals surface area contributed by atoms with Gasteiger partial charge in [-0.1, -0.05) is 0 Å². The van der Waals surface area contributed by atoms with Crippen LogP contribution in [0.25, 0.3) is 5.69 Å². The summed E-state index contributed by atoms with van der Waals surface area (Å²) in [6.45, 7) is 3.79. The highest BCUT2D eigenvalue weighted by Gasteiger charge is 2.25. The number of nitrogens with zero attached hydrogens (tertiary/aromatic N) is 2. The minimum absolute atomic E-state index is 0.0787. The fourth-order valence-corrected chi connectivity index (χ4v) is 2.65. The molecule has 1 aromatic carbocycles. The first-order chi connectivity index (χ1) is 10.6. The minimum atomic E-state index is -0.384. The molecule has 1 aliphatic heterocycles. The average Bonchev–Trinajstić information content (AvgIpc) is 3.13. The third-order valence-electron chi connectivity index (χ3n) is 4.03. The van der Waals surface area contributed by atoms with Gasteiger partial charge in [0.05, 0.1) is 11.8 Å². The molecule has 1 saturated heterocycles. The number of aliphatic hydroxyl groups is 1. The van der Waals surface area contributed by atoms with Crippen molar-refractivity contribution >= 4 is 5.91 Å². The van der Waals surface area contributed by atoms with E-state index < -0.39 is 0 Å². The summed E-state index contributed by atoms with van der Waals surface area (Å²) >= 11 is 0. The molecule has 2 unspecified atom stereocenters. The normalized spacial score (nSPS) is 21.0. The van der Waals surface area contributed by atoms with Gasteiger partial charge < -0.3 is 15.7 Å². The number of β-amino-alcohol motifs (C(OH)–C–C–N with tert-alkyl or cyclic N) is 1. The third-order valence-corrected chi connectivity index (χ3v) is 4.03. The van der Waals surface area contributed by atoms with Gasteiger partial charge in [0.15, 0.2) is 0 Å². The van der Waals surface area contributed by atoms with Crippen LogP contribution in [0.1, 0.15) is 16.1 Å². The first kappa shape index (κ1) is 14.7. The predicted octanol–water partition coefficient (Wildman–Crippen LogP) is 0.491. The van der Waals surface area contributed by atoms with Gasteiger partial charge in [-0.25, -0.2) is 4.68 Å². The van der Waals surface area contributed by atoms with Crippen LogP contribution in [0.5, 0.6) is 0 Å². The van der Waals surface area contributed by atoms with Crippen molar-refractivity contribution in [3.63, 3.8) is 0 Å². The number of aromatic nitrogens is 2. The molecular formula is C16H20N4O2. The van der Waals surface area contributed by atoms with Crippen molar-refractivity contribution in [1.82, 2.24) is 20.4 Å². The fraction of sp³-hybridized carbons (Fsp3) is 0.375. The summed E-state index contributed by atoms with van der Waals surface area (Å²) < 4.78 is 1.82. The lowest BCUT2D eigenvalue weighted by Gasteiger charge is -2.14. The zero-order chi connectivity index (χ0) is 15.5. The number of aryl methyl sites for hydroxylation is 1. The quantitative estimate of drug-likeness (QED) is 0.768. The lowest BCUT2D eigenvalue weighted by molar-refractivity contribution is 0.0927. The zero-order valence-electron chi connectivity index (χ0n) is 12.5. The predicted molar refractivity (Wildman–Crippen MR) is 83.0 cm³/mol. The molecule has 2 atom stereocenters. The van der Waals surface area contributed by atoms with E-state index in [1.165, 1.54) is 0 Å². The Kier molecular flexibility index (Phi) is 4.22. The molecule has 0 bridgehead atoms. The second-order valence-electron chi connectivity index (χ2n) is 5.63. The number of hydrogen-bond acceptors (Lipinski definition) is 4. The Morgan fingerprint density at radius 2 is 2.14 bits per heavy atom. The molecule has 116 valence electrons. The van der Waals surface area contributed by atoms with Gasteiger partial charge in [-0.05, 0) is 37.3 Å². The number of carbonyl (C=O) groups is 1. The highest BCUT2D eigenvalue weighted by atomic mass is 16.3. The van der Waals surface area contributed by atoms with Crippen molar-refractivity contribution < 1.29 is 9.90 Å². The van der Waals surface area contributed by atoms with Gasteiger partial charge in [-0.15, -0.1) is 0 Å². The molecule has 1 aliphatic rings. The summed E-state index contributed by atoms with van der Waals surface area (Å²) in [6.07, 6.45) is 1.36. The number of amides is 1. The highest BCUT2D eigenvalue weighted by molar-refractivity contribution is 5.94. The van der Waals surface area contributed by atoms with Gasteiger partial charge in [0, 0.05) is 43.0 Å². The van der Waals surface area contributed by atoms with Crippen LogP contribution in [0.15, 0.2) is 36.5 Å². The number of rotatable bonds is 4. The summed E-state index contributed by atoms with van der Waals surface area (Å²) in [5.74, 6) is -0.0437. The summed E-state index contributed by atoms with van der Waals surface area (Å²) in [5.41, 5.74) is 2.57. The summed E-state index contributed by atoms with van der Waals surface area (Å²) in [6, 6.07) is 9.26. The van der Waals surface area contributed by atoms with Crippen LogP contribution in [0.3, 0.4) is 0 Å². The second kappa shape index (κ2) is 6.29. The number of benzene rings is 1. The maximum absolute atomic E-state index is 12.1. The van der Waals surface area contributed by atoms with Crippen LogP contribution in [-0.2, 0) is 0 Å². The van der Waals surface area contributed by atoms with Gasteiger partial charge >= 0.3 is 0 Å². The summed E-state index contributed by atoms with van der Waals surface area (Å²) in [7, 11) is 0. The molecule has 1 fully saturated rings. The van der Waals surface area contributed by atoms with E-state index in [2.05, 4.69) is 15.7 Å². The Hall–Kier alpha value is -2.18. The van der Waals surface area contributed by atoms with Crippen LogP contribution in [0, 0.1) is 12.8 Å². The van der Waals surface area contributed by atoms with Crippen LogP contribution >= 0.6 is 0 Å². The van der Waals surface area contributed by atoms with E-state index in [0.29, 0.717) is 18.7 Å². The first-order valence-electron chi connectivity index (χ1n) is 7.43. The Morgan fingerprint density at radius 1 is 1.36 bits per heavy atom. The minimum Gasteiger partial charge on any atom is -0.391 e. The molecule has 0 spiro atoms. The van der Waals surface area contributed by atoms with E-state index in [1.54, 1.807) is 18.3 Å². The second-order valence-corrected chi connectivity index (χ2v) is 5.63. The zero-order valence-corrected chi connectivity index (χ0v) is 12.5. The highest BCUT2D eigenvalue weighted by Crippen LogP contribution is 2.12. The Labute approximate surface area is 129 Å². The molecule has 2 aromatic rings. The Morgan fingerprint density at radius 3 is 2.73 bits per heavy atom. The van der Waals surface area contributed by atoms with Gasteiger partial charge in [0.1, 0.15) is 0 Å². The molecule has 0 aliphatic carbocycles. The Balaban J connectivity index is 1.62. The molecule has 6 heteroatoms. The van der Waals surface area contributed by atoms with E-state index in [-0.39, 0.29) is 17.9 Å². The van der Waals surface area contributed by atoms with Crippen molar-refractivity contribution in [2.45, 2.75) is 13.0 Å². The first-order valence-corrected chi connectivity index (χ1v) is 7.43. The topological polar surface area (TPSA) is 79.2 Å². The smallest absolute Gasteiger partial charge is 0.251 e. The van der Waals surface area contributed by atoms with Crippen molar-refractivity contribution in [2.24, 2.45) is 5.92 Å². The van der Waals surface area contributed by atoms with Gasteiger partial charge in [-0.3, -0.25) is 4.79 Å². The van der Waals surface area contributed by atoms with E-state index >= 15 is 0 Å². The largest absolute Gasteiger partial charge is 0.391 e. The van der Waals surface area contributed by atoms with Crippen molar-refractivity contribution in [3.05, 3.63) is 47.8 Å². The molecular weight excluding hydrogens is 280 g/mol. The van der Waals surface area contributed by atoms with Gasteiger partial charge in [0.2, 0.25) is 0 Å². The average molecular weight is 300 g/mol. The number of nitrogens with one attached hydrogen (secondary N) is 2. The molecule has 3 N–H and O–H groups in total. The summed E-state index contributed by atoms with van der Waals surface area (Å²) in [4.78, 5) is 12.1. The van der Waals surface area contributed by atoms with Crippen LogP contribution < -0.4 is 10.6 Å². The number of carbonyl (C=O) groups excluding carboxylic acids is 1. The lowest BCUT2D eigenvalue weighted by atomic mass is 10.1. The standard InChI is InChI=1S/C16H20N4O2/c1-11-6-7-19-20(11)14-4-2-12(3-5-14)16(22)18-9-13-8-17-10-15(13)21/h2-7,13,15,17,21H,8-10H2,1H3,(H,18,22). The van der Waals surface area contributed by atoms with E-state index in [0.717, 1.165) is 17.9 Å². The third kappa shape index (κ3) is 3.03. The molecule has 22 heavy (non-hydrogen) atoms. The molecule has 3 rings (SSSR count). The van der Waals surface area contributed by atoms with Crippen LogP contribution in [-0.4, -0.2) is 46.5 Å². The molecule has 6 nitrogen and oxygen atoms in total. The van der Waals surface area contributed by atoms with Crippen molar-refractivity contribution in [3.8, 4) is 5.69 Å². The molecule has 1 amide bonds. The monoisotopic (exact) mass is 300 g/mol. The lowest BCUT2D eigenvalue weighted by Crippen LogP contribution is -2.34. The van der Waals surface area contributed by atoms with Gasteiger partial charge in [-0.2, -0.15) is 5.10 Å². The van der Waals surface area contributed by atoms with E-state index in [1.807, 2.05) is 29.8 Å². The van der Waals surface area contributed by atoms with E-state index in [9.17, 15) is 9.90 Å². The maximum Gasteiger partial charge on any atom is 0.251 e. The van der Waals surface area contributed by atoms with Gasteiger partial charge in [0.25, 0.3) is 5.91 Å². The van der Waals surface area contributed by atoms with Crippen LogP contribution in [0.4, 0.5) is 0 Å². The van der Waals surface area contributed by atoms with Crippen LogP contribution in [0.2, 0.25) is 0 Å². The molecule has 2 heterocycles. The van der Waals surface area contributed by atoms with Crippen molar-refractivity contribution in [1.29, 1.82) is 0 Å². The molecule has 0 saturated carbocycles. The van der Waals surface area contributed by atoms with E-state index in [4.69, 9.17) is 0 Å². The SMILES string of the molecule is Cc1ccnn1-c1ccc(C(=O)NCC2CNCC2O)cc1.